The molecule has 0 aliphatic carbocycles. The van der Waals surface area contributed by atoms with Gasteiger partial charge in [0.15, 0.2) is 0 Å². The molecule has 1 rings (SSSR count). The minimum Gasteiger partial charge on any atom is -0.310 e. The summed E-state index contributed by atoms with van der Waals surface area (Å²) in [6, 6.07) is 0. The lowest BCUT2D eigenvalue weighted by Gasteiger charge is -2.25. The Bertz CT molecular complexity index is 466. The van der Waals surface area contributed by atoms with Crippen LogP contribution in [0.1, 0.15) is 24.4 Å². The Balaban J connectivity index is 2.43. The van der Waals surface area contributed by atoms with Crippen molar-refractivity contribution < 1.29 is 8.42 Å². The summed E-state index contributed by atoms with van der Waals surface area (Å²) in [4.78, 5) is 5.34. The smallest absolute Gasteiger partial charge is 0.209 e. The van der Waals surface area contributed by atoms with Crippen LogP contribution in [0.2, 0.25) is 0 Å². The van der Waals surface area contributed by atoms with E-state index in [0.717, 1.165) is 5.69 Å². The van der Waals surface area contributed by atoms with Crippen molar-refractivity contribution in [2.75, 3.05) is 12.8 Å². The molecule has 0 fully saturated rings. The second-order valence-electron chi connectivity index (χ2n) is 4.72. The number of hydrogen-bond donors (Lipinski definition) is 2. The lowest BCUT2D eigenvalue weighted by atomic mass is 10.1. The predicted molar refractivity (Wildman–Crippen MR) is 70.6 cm³/mol. The van der Waals surface area contributed by atoms with Gasteiger partial charge in [0, 0.05) is 23.5 Å². The number of hydrogen-bond acceptors (Lipinski definition) is 5. The number of thiazole rings is 1. The Morgan fingerprint density at radius 3 is 2.59 bits per heavy atom. The van der Waals surface area contributed by atoms with Crippen LogP contribution in [0.4, 0.5) is 0 Å². The third-order valence-electron chi connectivity index (χ3n) is 2.16. The summed E-state index contributed by atoms with van der Waals surface area (Å²) in [6.45, 7) is 6.94. The number of rotatable bonds is 6. The van der Waals surface area contributed by atoms with Gasteiger partial charge in [-0.1, -0.05) is 0 Å². The molecule has 0 bridgehead atoms. The fourth-order valence-corrected chi connectivity index (χ4v) is 3.35. The quantitative estimate of drug-likeness (QED) is 0.809. The summed E-state index contributed by atoms with van der Waals surface area (Å²) in [5, 5.41) is 3.23. The van der Waals surface area contributed by atoms with Gasteiger partial charge in [-0.15, -0.1) is 11.3 Å². The van der Waals surface area contributed by atoms with E-state index >= 15 is 0 Å². The Hall–Kier alpha value is -0.500. The molecule has 1 aromatic heterocycles. The number of aromatic nitrogens is 1. The zero-order valence-electron chi connectivity index (χ0n) is 10.6. The zero-order chi connectivity index (χ0) is 13.1. The first kappa shape index (κ1) is 14.6. The molecule has 7 heteroatoms. The summed E-state index contributed by atoms with van der Waals surface area (Å²) >= 11 is 1.60. The van der Waals surface area contributed by atoms with Crippen molar-refractivity contribution in [2.24, 2.45) is 0 Å². The Kier molecular flexibility index (Phi) is 4.65. The monoisotopic (exact) mass is 277 g/mol. The second-order valence-corrected chi connectivity index (χ2v) is 7.41. The molecule has 0 aromatic carbocycles. The first-order chi connectivity index (χ1) is 7.70. The number of aryl methyl sites for hydroxylation is 1. The third kappa shape index (κ3) is 5.58. The van der Waals surface area contributed by atoms with E-state index < -0.39 is 15.6 Å². The van der Waals surface area contributed by atoms with E-state index in [1.165, 1.54) is 11.1 Å². The van der Waals surface area contributed by atoms with Gasteiger partial charge in [-0.05, 0) is 20.8 Å². The van der Waals surface area contributed by atoms with E-state index in [0.29, 0.717) is 13.1 Å². The molecule has 1 aromatic rings. The maximum atomic E-state index is 11.1. The van der Waals surface area contributed by atoms with Crippen molar-refractivity contribution >= 4 is 21.4 Å². The first-order valence-corrected chi connectivity index (χ1v) is 8.05. The maximum absolute atomic E-state index is 11.1. The lowest BCUT2D eigenvalue weighted by molar-refractivity contribution is 0.421. The number of nitrogens with one attached hydrogen (secondary N) is 2. The minimum absolute atomic E-state index is 0.494. The van der Waals surface area contributed by atoms with Gasteiger partial charge >= 0.3 is 0 Å². The van der Waals surface area contributed by atoms with Crippen molar-refractivity contribution in [1.82, 2.24) is 15.0 Å². The van der Waals surface area contributed by atoms with Gasteiger partial charge < -0.3 is 5.32 Å². The maximum Gasteiger partial charge on any atom is 0.209 e. The molecule has 0 aliphatic heterocycles. The van der Waals surface area contributed by atoms with Gasteiger partial charge in [-0.2, -0.15) is 0 Å². The summed E-state index contributed by atoms with van der Waals surface area (Å²) in [6.07, 6.45) is 1.17. The van der Waals surface area contributed by atoms with Gasteiger partial charge in [-0.3, -0.25) is 0 Å². The van der Waals surface area contributed by atoms with E-state index in [9.17, 15) is 8.42 Å². The SMILES string of the molecule is Cc1ncsc1CNCC(C)(C)NS(C)(=O)=O. The summed E-state index contributed by atoms with van der Waals surface area (Å²) in [7, 11) is -3.17. The molecule has 17 heavy (non-hydrogen) atoms. The highest BCUT2D eigenvalue weighted by molar-refractivity contribution is 7.88. The predicted octanol–water partition coefficient (Wildman–Crippen LogP) is 0.869. The topological polar surface area (TPSA) is 71.1 Å². The molecule has 0 radical (unpaired) electrons. The van der Waals surface area contributed by atoms with Crippen LogP contribution >= 0.6 is 11.3 Å². The highest BCUT2D eigenvalue weighted by Gasteiger charge is 2.21. The third-order valence-corrected chi connectivity index (χ3v) is 4.02. The number of sulfonamides is 1. The summed E-state index contributed by atoms with van der Waals surface area (Å²) in [5.74, 6) is 0. The van der Waals surface area contributed by atoms with Gasteiger partial charge in [0.05, 0.1) is 17.5 Å². The average molecular weight is 277 g/mol. The van der Waals surface area contributed by atoms with Crippen LogP contribution in [0.5, 0.6) is 0 Å². The molecule has 1 heterocycles. The molecule has 0 unspecified atom stereocenters. The molecule has 0 spiro atoms. The number of nitrogens with zero attached hydrogens (tertiary/aromatic N) is 1. The molecule has 0 atom stereocenters. The average Bonchev–Trinajstić information content (AvgIpc) is 2.47. The van der Waals surface area contributed by atoms with Gasteiger partial charge in [0.1, 0.15) is 0 Å². The largest absolute Gasteiger partial charge is 0.310 e. The highest BCUT2D eigenvalue weighted by Crippen LogP contribution is 2.11. The van der Waals surface area contributed by atoms with Gasteiger partial charge in [-0.25, -0.2) is 18.1 Å². The van der Waals surface area contributed by atoms with Crippen LogP contribution in [0, 0.1) is 6.92 Å². The van der Waals surface area contributed by atoms with Crippen molar-refractivity contribution in [1.29, 1.82) is 0 Å². The minimum atomic E-state index is -3.17. The van der Waals surface area contributed by atoms with Crippen LogP contribution in [0.15, 0.2) is 5.51 Å². The fourth-order valence-electron chi connectivity index (χ4n) is 1.52. The molecule has 0 saturated carbocycles. The van der Waals surface area contributed by atoms with E-state index in [2.05, 4.69) is 15.0 Å². The van der Waals surface area contributed by atoms with Crippen molar-refractivity contribution in [3.63, 3.8) is 0 Å². The van der Waals surface area contributed by atoms with Crippen LogP contribution < -0.4 is 10.0 Å². The Labute approximate surface area is 107 Å². The van der Waals surface area contributed by atoms with Crippen molar-refractivity contribution in [3.8, 4) is 0 Å². The molecule has 0 amide bonds. The van der Waals surface area contributed by atoms with E-state index in [4.69, 9.17) is 0 Å². The standard InChI is InChI=1S/C10H19N3O2S2/c1-8-9(16-7-12-8)5-11-6-10(2,3)13-17(4,14)15/h7,11,13H,5-6H2,1-4H3. The normalized spacial score (nSPS) is 12.9. The van der Waals surface area contributed by atoms with Crippen LogP contribution in [0.25, 0.3) is 0 Å². The summed E-state index contributed by atoms with van der Waals surface area (Å²) < 4.78 is 24.9. The molecular formula is C10H19N3O2S2. The Morgan fingerprint density at radius 1 is 1.47 bits per heavy atom. The molecule has 2 N–H and O–H groups in total. The lowest BCUT2D eigenvalue weighted by Crippen LogP contribution is -2.49. The summed E-state index contributed by atoms with van der Waals surface area (Å²) in [5.41, 5.74) is 2.34. The van der Waals surface area contributed by atoms with E-state index in [1.807, 2.05) is 26.3 Å². The molecular weight excluding hydrogens is 258 g/mol. The highest BCUT2D eigenvalue weighted by atomic mass is 32.2. The van der Waals surface area contributed by atoms with Gasteiger partial charge in [0.25, 0.3) is 0 Å². The molecule has 5 nitrogen and oxygen atoms in total. The Morgan fingerprint density at radius 2 is 2.12 bits per heavy atom. The molecule has 98 valence electrons. The van der Waals surface area contributed by atoms with Crippen molar-refractivity contribution in [3.05, 3.63) is 16.1 Å². The van der Waals surface area contributed by atoms with E-state index in [-0.39, 0.29) is 0 Å². The second kappa shape index (κ2) is 5.43. The fraction of sp³-hybridized carbons (Fsp3) is 0.700. The van der Waals surface area contributed by atoms with E-state index in [1.54, 1.807) is 11.3 Å². The molecule has 0 saturated heterocycles. The van der Waals surface area contributed by atoms with Crippen molar-refractivity contribution in [2.45, 2.75) is 32.9 Å². The first-order valence-electron chi connectivity index (χ1n) is 5.28. The van der Waals surface area contributed by atoms with Crippen LogP contribution in [0.3, 0.4) is 0 Å². The zero-order valence-corrected chi connectivity index (χ0v) is 12.2. The van der Waals surface area contributed by atoms with Crippen LogP contribution in [-0.4, -0.2) is 31.7 Å². The molecule has 0 aliphatic rings. The van der Waals surface area contributed by atoms with Gasteiger partial charge in [0.2, 0.25) is 10.0 Å². The van der Waals surface area contributed by atoms with Crippen LogP contribution in [-0.2, 0) is 16.6 Å².